The summed E-state index contributed by atoms with van der Waals surface area (Å²) in [5.74, 6) is 0.0302. The third-order valence-corrected chi connectivity index (χ3v) is 6.70. The molecule has 1 unspecified atom stereocenters. The zero-order chi connectivity index (χ0) is 18.7. The van der Waals surface area contributed by atoms with Crippen LogP contribution in [-0.2, 0) is 21.1 Å². The van der Waals surface area contributed by atoms with Crippen molar-refractivity contribution >= 4 is 15.7 Å². The second kappa shape index (κ2) is 7.62. The molecule has 1 amide bonds. The number of amides is 1. The summed E-state index contributed by atoms with van der Waals surface area (Å²) >= 11 is 0. The lowest BCUT2D eigenvalue weighted by Gasteiger charge is -2.40. The Kier molecular flexibility index (Phi) is 5.47. The lowest BCUT2D eigenvalue weighted by atomic mass is 9.86. The van der Waals surface area contributed by atoms with Crippen LogP contribution in [0.3, 0.4) is 0 Å². The fraction of sp³-hybridized carbons (Fsp3) is 0.381. The highest BCUT2D eigenvalue weighted by Crippen LogP contribution is 2.35. The molecule has 0 aliphatic carbocycles. The molecule has 26 heavy (non-hydrogen) atoms. The van der Waals surface area contributed by atoms with Crippen LogP contribution in [0.25, 0.3) is 0 Å². The number of fused-ring (bicyclic) bond motifs is 1. The molecule has 4 nitrogen and oxygen atoms in total. The van der Waals surface area contributed by atoms with Crippen LogP contribution in [0.2, 0.25) is 0 Å². The molecule has 138 valence electrons. The molecule has 3 rings (SSSR count). The van der Waals surface area contributed by atoms with Crippen molar-refractivity contribution in [2.75, 3.05) is 12.3 Å². The van der Waals surface area contributed by atoms with E-state index in [9.17, 15) is 13.2 Å². The molecule has 2 aromatic rings. The van der Waals surface area contributed by atoms with Crippen LogP contribution in [0.1, 0.15) is 37.4 Å². The summed E-state index contributed by atoms with van der Waals surface area (Å²) in [5.41, 5.74) is 2.47. The van der Waals surface area contributed by atoms with E-state index >= 15 is 0 Å². The SMILES string of the molecule is CC(C)C1c2ccccc2CCN1C(=O)CCS(=O)(=O)c1ccccc1. The van der Waals surface area contributed by atoms with Crippen LogP contribution in [-0.4, -0.2) is 31.5 Å². The number of benzene rings is 2. The van der Waals surface area contributed by atoms with Gasteiger partial charge in [-0.1, -0.05) is 56.3 Å². The topological polar surface area (TPSA) is 54.5 Å². The Morgan fingerprint density at radius 2 is 1.73 bits per heavy atom. The highest BCUT2D eigenvalue weighted by atomic mass is 32.2. The standard InChI is InChI=1S/C21H25NO3S/c1-16(2)21-19-11-7-6-8-17(19)12-14-22(21)20(23)13-15-26(24,25)18-9-4-3-5-10-18/h3-11,16,21H,12-15H2,1-2H3. The van der Waals surface area contributed by atoms with Gasteiger partial charge in [0.05, 0.1) is 16.7 Å². The molecule has 2 aromatic carbocycles. The van der Waals surface area contributed by atoms with E-state index in [0.29, 0.717) is 6.54 Å². The molecular formula is C21H25NO3S. The van der Waals surface area contributed by atoms with E-state index in [4.69, 9.17) is 0 Å². The molecule has 0 N–H and O–H groups in total. The van der Waals surface area contributed by atoms with Gasteiger partial charge in [-0.25, -0.2) is 8.42 Å². The lowest BCUT2D eigenvalue weighted by molar-refractivity contribution is -0.134. The third kappa shape index (κ3) is 3.83. The predicted octanol–water partition coefficient (Wildman–Crippen LogP) is 3.63. The molecular weight excluding hydrogens is 346 g/mol. The third-order valence-electron chi connectivity index (χ3n) is 4.97. The monoisotopic (exact) mass is 371 g/mol. The molecule has 0 saturated carbocycles. The smallest absolute Gasteiger partial charge is 0.224 e. The Hall–Kier alpha value is -2.14. The van der Waals surface area contributed by atoms with Crippen molar-refractivity contribution in [2.45, 2.75) is 37.6 Å². The minimum atomic E-state index is -3.44. The first-order chi connectivity index (χ1) is 12.4. The molecule has 0 saturated heterocycles. The second-order valence-corrected chi connectivity index (χ2v) is 9.22. The first-order valence-corrected chi connectivity index (χ1v) is 10.7. The molecule has 0 aromatic heterocycles. The van der Waals surface area contributed by atoms with Gasteiger partial charge in [-0.05, 0) is 35.6 Å². The Labute approximate surface area is 155 Å². The maximum Gasteiger partial charge on any atom is 0.224 e. The minimum Gasteiger partial charge on any atom is -0.335 e. The highest BCUT2D eigenvalue weighted by Gasteiger charge is 2.33. The van der Waals surface area contributed by atoms with Gasteiger partial charge in [0.2, 0.25) is 5.91 Å². The molecule has 0 spiro atoms. The minimum absolute atomic E-state index is 0.00637. The van der Waals surface area contributed by atoms with E-state index < -0.39 is 9.84 Å². The predicted molar refractivity (Wildman–Crippen MR) is 103 cm³/mol. The Morgan fingerprint density at radius 3 is 2.42 bits per heavy atom. The number of carbonyl (C=O) groups excluding carboxylic acids is 1. The quantitative estimate of drug-likeness (QED) is 0.806. The van der Waals surface area contributed by atoms with Gasteiger partial charge in [0.25, 0.3) is 0 Å². The Balaban J connectivity index is 1.75. The van der Waals surface area contributed by atoms with Gasteiger partial charge >= 0.3 is 0 Å². The largest absolute Gasteiger partial charge is 0.335 e. The Morgan fingerprint density at radius 1 is 1.08 bits per heavy atom. The number of hydrogen-bond acceptors (Lipinski definition) is 3. The molecule has 0 bridgehead atoms. The van der Waals surface area contributed by atoms with Gasteiger partial charge in [0.15, 0.2) is 9.84 Å². The zero-order valence-electron chi connectivity index (χ0n) is 15.3. The normalized spacial score (nSPS) is 17.2. The van der Waals surface area contributed by atoms with Gasteiger partial charge < -0.3 is 4.90 Å². The summed E-state index contributed by atoms with van der Waals surface area (Å²) in [6.07, 6.45) is 0.833. The summed E-state index contributed by atoms with van der Waals surface area (Å²) in [4.78, 5) is 15.0. The molecule has 1 aliphatic heterocycles. The molecule has 0 radical (unpaired) electrons. The molecule has 1 aliphatic rings. The molecule has 5 heteroatoms. The summed E-state index contributed by atoms with van der Waals surface area (Å²) in [6.45, 7) is 4.85. The van der Waals surface area contributed by atoms with Crippen molar-refractivity contribution in [3.05, 3.63) is 65.7 Å². The van der Waals surface area contributed by atoms with Crippen molar-refractivity contribution in [2.24, 2.45) is 5.92 Å². The van der Waals surface area contributed by atoms with Crippen molar-refractivity contribution in [3.8, 4) is 0 Å². The van der Waals surface area contributed by atoms with Crippen LogP contribution >= 0.6 is 0 Å². The van der Waals surface area contributed by atoms with Crippen molar-refractivity contribution in [1.82, 2.24) is 4.90 Å². The van der Waals surface area contributed by atoms with E-state index in [1.807, 2.05) is 17.0 Å². The molecule has 1 heterocycles. The van der Waals surface area contributed by atoms with Crippen molar-refractivity contribution in [1.29, 1.82) is 0 Å². The maximum atomic E-state index is 12.9. The number of sulfone groups is 1. The molecule has 1 atom stereocenters. The van der Waals surface area contributed by atoms with Gasteiger partial charge in [-0.15, -0.1) is 0 Å². The van der Waals surface area contributed by atoms with E-state index in [1.54, 1.807) is 30.3 Å². The molecule has 0 fully saturated rings. The van der Waals surface area contributed by atoms with Crippen molar-refractivity contribution in [3.63, 3.8) is 0 Å². The van der Waals surface area contributed by atoms with Gasteiger partial charge in [0.1, 0.15) is 0 Å². The maximum absolute atomic E-state index is 12.9. The van der Waals surface area contributed by atoms with E-state index in [0.717, 1.165) is 6.42 Å². The van der Waals surface area contributed by atoms with Crippen LogP contribution < -0.4 is 0 Å². The zero-order valence-corrected chi connectivity index (χ0v) is 16.1. The van der Waals surface area contributed by atoms with Crippen molar-refractivity contribution < 1.29 is 13.2 Å². The second-order valence-electron chi connectivity index (χ2n) is 7.11. The summed E-state index contributed by atoms with van der Waals surface area (Å²) in [5, 5.41) is 0. The van der Waals surface area contributed by atoms with Gasteiger partial charge in [-0.3, -0.25) is 4.79 Å². The average Bonchev–Trinajstić information content (AvgIpc) is 2.65. The number of nitrogens with zero attached hydrogens (tertiary/aromatic N) is 1. The average molecular weight is 372 g/mol. The number of carbonyl (C=O) groups is 1. The lowest BCUT2D eigenvalue weighted by Crippen LogP contribution is -2.42. The highest BCUT2D eigenvalue weighted by molar-refractivity contribution is 7.91. The summed E-state index contributed by atoms with van der Waals surface area (Å²) in [6, 6.07) is 16.6. The van der Waals surface area contributed by atoms with Crippen LogP contribution in [0.5, 0.6) is 0 Å². The van der Waals surface area contributed by atoms with Crippen LogP contribution in [0.15, 0.2) is 59.5 Å². The Bertz CT molecular complexity index is 875. The van der Waals surface area contributed by atoms with Gasteiger partial charge in [0, 0.05) is 13.0 Å². The summed E-state index contributed by atoms with van der Waals surface area (Å²) in [7, 11) is -3.44. The van der Waals surface area contributed by atoms with E-state index in [1.165, 1.54) is 11.1 Å². The summed E-state index contributed by atoms with van der Waals surface area (Å²) < 4.78 is 24.9. The fourth-order valence-electron chi connectivity index (χ4n) is 3.71. The number of rotatable bonds is 5. The van der Waals surface area contributed by atoms with E-state index in [-0.39, 0.29) is 34.9 Å². The van der Waals surface area contributed by atoms with Crippen LogP contribution in [0.4, 0.5) is 0 Å². The fourth-order valence-corrected chi connectivity index (χ4v) is 4.96. The first-order valence-electron chi connectivity index (χ1n) is 9.05. The van der Waals surface area contributed by atoms with Gasteiger partial charge in [-0.2, -0.15) is 0 Å². The number of hydrogen-bond donors (Lipinski definition) is 0. The van der Waals surface area contributed by atoms with E-state index in [2.05, 4.69) is 26.0 Å². The first kappa shape index (κ1) is 18.6. The van der Waals surface area contributed by atoms with Crippen LogP contribution in [0, 0.1) is 5.92 Å².